The summed E-state index contributed by atoms with van der Waals surface area (Å²) in [7, 11) is 0. The van der Waals surface area contributed by atoms with Gasteiger partial charge in [-0.05, 0) is 12.5 Å². The third-order valence-electron chi connectivity index (χ3n) is 2.60. The molecule has 0 bridgehead atoms. The van der Waals surface area contributed by atoms with E-state index in [-0.39, 0.29) is 0 Å². The van der Waals surface area contributed by atoms with Crippen molar-refractivity contribution >= 4 is 17.3 Å². The minimum absolute atomic E-state index is 0.455. The minimum Gasteiger partial charge on any atom is -0.481 e. The fourth-order valence-corrected chi connectivity index (χ4v) is 2.43. The van der Waals surface area contributed by atoms with Crippen molar-refractivity contribution in [2.75, 3.05) is 0 Å². The van der Waals surface area contributed by atoms with Crippen molar-refractivity contribution in [2.24, 2.45) is 0 Å². The summed E-state index contributed by atoms with van der Waals surface area (Å²) in [5.41, 5.74) is 1.92. The Hall–Kier alpha value is -1.68. The summed E-state index contributed by atoms with van der Waals surface area (Å²) in [6.07, 6.45) is 2.16. The van der Waals surface area contributed by atoms with Crippen LogP contribution in [0.2, 0.25) is 0 Å². The van der Waals surface area contributed by atoms with E-state index in [9.17, 15) is 9.90 Å². The van der Waals surface area contributed by atoms with Gasteiger partial charge in [0.1, 0.15) is 0 Å². The van der Waals surface area contributed by atoms with E-state index in [2.05, 4.69) is 4.98 Å². The second-order valence-electron chi connectivity index (χ2n) is 3.93. The number of carboxylic acids is 1. The lowest BCUT2D eigenvalue weighted by molar-refractivity contribution is -0.138. The molecule has 88 valence electrons. The number of hydrogen-bond acceptors (Lipinski definition) is 3. The molecule has 3 nitrogen and oxygen atoms in total. The van der Waals surface area contributed by atoms with E-state index in [0.717, 1.165) is 16.1 Å². The van der Waals surface area contributed by atoms with E-state index in [0.29, 0.717) is 6.42 Å². The predicted molar refractivity (Wildman–Crippen MR) is 67.4 cm³/mol. The Balaban J connectivity index is 2.26. The zero-order valence-electron chi connectivity index (χ0n) is 9.46. The molecular weight excluding hydrogens is 234 g/mol. The van der Waals surface area contributed by atoms with Gasteiger partial charge in [0.2, 0.25) is 0 Å². The Morgan fingerprint density at radius 2 is 2.35 bits per heavy atom. The highest BCUT2D eigenvalue weighted by Crippen LogP contribution is 2.23. The molecule has 1 heterocycles. The van der Waals surface area contributed by atoms with E-state index in [1.807, 2.05) is 36.6 Å². The molecule has 4 heteroatoms. The van der Waals surface area contributed by atoms with Crippen LogP contribution < -0.4 is 0 Å². The van der Waals surface area contributed by atoms with Gasteiger partial charge in [-0.3, -0.25) is 4.79 Å². The first-order chi connectivity index (χ1) is 8.16. The zero-order chi connectivity index (χ0) is 12.3. The molecule has 0 spiro atoms. The third-order valence-corrected chi connectivity index (χ3v) is 3.41. The van der Waals surface area contributed by atoms with Crippen molar-refractivity contribution in [3.8, 4) is 0 Å². The highest BCUT2D eigenvalue weighted by atomic mass is 32.1. The molecule has 0 saturated carbocycles. The van der Waals surface area contributed by atoms with Gasteiger partial charge in [-0.15, -0.1) is 11.3 Å². The van der Waals surface area contributed by atoms with Crippen molar-refractivity contribution in [1.29, 1.82) is 0 Å². The van der Waals surface area contributed by atoms with E-state index < -0.39 is 11.9 Å². The van der Waals surface area contributed by atoms with Gasteiger partial charge in [0, 0.05) is 18.0 Å². The highest BCUT2D eigenvalue weighted by molar-refractivity contribution is 7.09. The van der Waals surface area contributed by atoms with E-state index >= 15 is 0 Å². The van der Waals surface area contributed by atoms with Crippen LogP contribution >= 0.6 is 11.3 Å². The lowest BCUT2D eigenvalue weighted by Gasteiger charge is -2.11. The number of benzene rings is 1. The number of carbonyl (C=O) groups is 1. The van der Waals surface area contributed by atoms with Crippen molar-refractivity contribution in [2.45, 2.75) is 19.3 Å². The van der Waals surface area contributed by atoms with Gasteiger partial charge in [-0.1, -0.05) is 29.8 Å². The Bertz CT molecular complexity index is 508. The molecule has 0 aliphatic rings. The molecule has 1 aromatic heterocycles. The molecule has 0 radical (unpaired) electrons. The van der Waals surface area contributed by atoms with Gasteiger partial charge in [0.15, 0.2) is 0 Å². The largest absolute Gasteiger partial charge is 0.481 e. The summed E-state index contributed by atoms with van der Waals surface area (Å²) in [6, 6.07) is 7.64. The molecule has 0 amide bonds. The summed E-state index contributed by atoms with van der Waals surface area (Å²) in [4.78, 5) is 15.5. The third kappa shape index (κ3) is 2.91. The first kappa shape index (κ1) is 11.8. The van der Waals surface area contributed by atoms with Crippen LogP contribution in [0.25, 0.3) is 0 Å². The lowest BCUT2D eigenvalue weighted by atomic mass is 9.95. The summed E-state index contributed by atoms with van der Waals surface area (Å²) in [5.74, 6) is -1.31. The molecule has 0 saturated heterocycles. The molecule has 1 atom stereocenters. The molecular formula is C13H13NO2S. The molecule has 2 aromatic rings. The smallest absolute Gasteiger partial charge is 0.311 e. The number of aromatic nitrogens is 1. The first-order valence-corrected chi connectivity index (χ1v) is 6.22. The van der Waals surface area contributed by atoms with Crippen LogP contribution in [-0.4, -0.2) is 16.1 Å². The van der Waals surface area contributed by atoms with Crippen LogP contribution in [-0.2, 0) is 11.2 Å². The molecule has 0 fully saturated rings. The average Bonchev–Trinajstić information content (AvgIpc) is 2.78. The lowest BCUT2D eigenvalue weighted by Crippen LogP contribution is -2.14. The summed E-state index contributed by atoms with van der Waals surface area (Å²) in [6.45, 7) is 1.96. The SMILES string of the molecule is Cc1cccc(C(Cc2nccs2)C(=O)O)c1. The summed E-state index contributed by atoms with van der Waals surface area (Å²) in [5, 5.41) is 12.0. The van der Waals surface area contributed by atoms with Gasteiger partial charge in [-0.25, -0.2) is 4.98 Å². The quantitative estimate of drug-likeness (QED) is 0.903. The molecule has 17 heavy (non-hydrogen) atoms. The second kappa shape index (κ2) is 5.10. The van der Waals surface area contributed by atoms with E-state index in [1.165, 1.54) is 11.3 Å². The fourth-order valence-electron chi connectivity index (χ4n) is 1.76. The average molecular weight is 247 g/mol. The number of aliphatic carboxylic acids is 1. The Morgan fingerprint density at radius 1 is 1.53 bits per heavy atom. The molecule has 2 rings (SSSR count). The maximum absolute atomic E-state index is 11.3. The Labute approximate surface area is 104 Å². The summed E-state index contributed by atoms with van der Waals surface area (Å²) >= 11 is 1.49. The zero-order valence-corrected chi connectivity index (χ0v) is 10.3. The van der Waals surface area contributed by atoms with Gasteiger partial charge in [0.05, 0.1) is 10.9 Å². The fraction of sp³-hybridized carbons (Fsp3) is 0.231. The van der Waals surface area contributed by atoms with E-state index in [4.69, 9.17) is 0 Å². The van der Waals surface area contributed by atoms with E-state index in [1.54, 1.807) is 6.20 Å². The standard InChI is InChI=1S/C13H13NO2S/c1-9-3-2-4-10(7-9)11(13(15)16)8-12-14-5-6-17-12/h2-7,11H,8H2,1H3,(H,15,16). The van der Waals surface area contributed by atoms with Crippen LogP contribution in [0.4, 0.5) is 0 Å². The van der Waals surface area contributed by atoms with Crippen LogP contribution in [0.1, 0.15) is 22.1 Å². The predicted octanol–water partition coefficient (Wildman–Crippen LogP) is 2.86. The Kier molecular flexibility index (Phi) is 3.54. The van der Waals surface area contributed by atoms with Gasteiger partial charge >= 0.3 is 5.97 Å². The van der Waals surface area contributed by atoms with Crippen molar-refractivity contribution in [3.63, 3.8) is 0 Å². The molecule has 1 unspecified atom stereocenters. The topological polar surface area (TPSA) is 50.2 Å². The van der Waals surface area contributed by atoms with Gasteiger partial charge < -0.3 is 5.11 Å². The number of carboxylic acid groups (broad SMARTS) is 1. The number of thiazole rings is 1. The maximum Gasteiger partial charge on any atom is 0.311 e. The van der Waals surface area contributed by atoms with Crippen LogP contribution in [0, 0.1) is 6.92 Å². The number of hydrogen-bond donors (Lipinski definition) is 1. The monoisotopic (exact) mass is 247 g/mol. The molecule has 1 N–H and O–H groups in total. The van der Waals surface area contributed by atoms with Crippen LogP contribution in [0.15, 0.2) is 35.8 Å². The maximum atomic E-state index is 11.3. The van der Waals surface area contributed by atoms with Gasteiger partial charge in [-0.2, -0.15) is 0 Å². The van der Waals surface area contributed by atoms with Crippen molar-refractivity contribution in [3.05, 3.63) is 52.0 Å². The second-order valence-corrected chi connectivity index (χ2v) is 4.91. The normalized spacial score (nSPS) is 12.3. The molecule has 0 aliphatic carbocycles. The Morgan fingerprint density at radius 3 is 2.94 bits per heavy atom. The number of rotatable bonds is 4. The van der Waals surface area contributed by atoms with Crippen LogP contribution in [0.5, 0.6) is 0 Å². The number of nitrogens with zero attached hydrogens (tertiary/aromatic N) is 1. The first-order valence-electron chi connectivity index (χ1n) is 5.34. The van der Waals surface area contributed by atoms with Crippen LogP contribution in [0.3, 0.4) is 0 Å². The van der Waals surface area contributed by atoms with Crippen molar-refractivity contribution < 1.29 is 9.90 Å². The number of aryl methyl sites for hydroxylation is 1. The van der Waals surface area contributed by atoms with Crippen molar-refractivity contribution in [1.82, 2.24) is 4.98 Å². The summed E-state index contributed by atoms with van der Waals surface area (Å²) < 4.78 is 0. The molecule has 1 aromatic carbocycles. The minimum atomic E-state index is -0.800. The van der Waals surface area contributed by atoms with Gasteiger partial charge in [0.25, 0.3) is 0 Å². The molecule has 0 aliphatic heterocycles. The highest BCUT2D eigenvalue weighted by Gasteiger charge is 2.21.